The fourth-order valence-electron chi connectivity index (χ4n) is 10.2. The molecule has 0 aliphatic heterocycles. The monoisotopic (exact) mass is 956 g/mol. The van der Waals surface area contributed by atoms with Crippen molar-refractivity contribution in [3.05, 3.63) is 263 Å². The average molecular weight is 958 g/mol. The van der Waals surface area contributed by atoms with Crippen LogP contribution in [-0.2, 0) is 50.1 Å². The fourth-order valence-corrected chi connectivity index (χ4v) is 10.2. The van der Waals surface area contributed by atoms with Gasteiger partial charge in [0.2, 0.25) is 0 Å². The second kappa shape index (κ2) is 20.8. The first-order chi connectivity index (χ1) is 31.8. The molecule has 2 N–H and O–H groups in total. The summed E-state index contributed by atoms with van der Waals surface area (Å²) in [5, 5.41) is 24.6. The Morgan fingerprint density at radius 1 is 0.418 bits per heavy atom. The van der Waals surface area contributed by atoms with Crippen molar-refractivity contribution < 1.29 is 36.4 Å². The van der Waals surface area contributed by atoms with Crippen LogP contribution in [0.1, 0.15) is 80.6 Å². The number of phenolic OH excluding ortho intramolecular Hbond substituents is 2. The van der Waals surface area contributed by atoms with Crippen LogP contribution in [0.4, 0.5) is 0 Å². The van der Waals surface area contributed by atoms with Gasteiger partial charge in [-0.2, -0.15) is 49.2 Å². The van der Waals surface area contributed by atoms with Crippen LogP contribution in [-0.4, -0.2) is 47.2 Å². The number of likely N-dealkylation sites (N-methyl/N-ethyl adjacent to an activating group) is 1. The van der Waals surface area contributed by atoms with Crippen molar-refractivity contribution in [2.45, 2.75) is 51.6 Å². The Kier molecular flexibility index (Phi) is 15.2. The molecule has 0 bridgehead atoms. The van der Waals surface area contributed by atoms with E-state index in [-0.39, 0.29) is 26.2 Å². The molecule has 0 saturated heterocycles. The minimum absolute atomic E-state index is 0. The first-order valence-corrected chi connectivity index (χ1v) is 23.0. The summed E-state index contributed by atoms with van der Waals surface area (Å²) in [5.41, 5.74) is 16.8. The molecule has 0 heterocycles. The van der Waals surface area contributed by atoms with Gasteiger partial charge in [0.15, 0.2) is 0 Å². The molecule has 0 unspecified atom stereocenters. The van der Waals surface area contributed by atoms with Crippen molar-refractivity contribution in [2.24, 2.45) is 0 Å². The zero-order valence-corrected chi connectivity index (χ0v) is 42.3. The predicted molar refractivity (Wildman–Crippen MR) is 275 cm³/mol. The van der Waals surface area contributed by atoms with Crippen LogP contribution in [0.15, 0.2) is 182 Å². The molecular formula is C62H62N2O2Zr. The van der Waals surface area contributed by atoms with Crippen molar-refractivity contribution in [2.75, 3.05) is 27.2 Å². The van der Waals surface area contributed by atoms with E-state index in [2.05, 4.69) is 187 Å². The van der Waals surface area contributed by atoms with Crippen LogP contribution in [0, 0.1) is 27.7 Å². The number of fused-ring (bicyclic) bond motifs is 6. The summed E-state index contributed by atoms with van der Waals surface area (Å²) in [6, 6.07) is 62.8. The number of hydrogen-bond acceptors (Lipinski definition) is 4. The molecule has 0 spiro atoms. The maximum Gasteiger partial charge on any atom is 2.00 e. The topological polar surface area (TPSA) is 46.9 Å². The number of nitrogens with zero attached hydrogens (tertiary/aromatic N) is 2. The molecule has 0 fully saturated rings. The number of phenols is 2. The summed E-state index contributed by atoms with van der Waals surface area (Å²) >= 11 is 0. The van der Waals surface area contributed by atoms with Gasteiger partial charge in [0.1, 0.15) is 11.5 Å². The van der Waals surface area contributed by atoms with Crippen molar-refractivity contribution in [1.29, 1.82) is 0 Å². The third-order valence-electron chi connectivity index (χ3n) is 13.5. The van der Waals surface area contributed by atoms with Gasteiger partial charge in [-0.3, -0.25) is 4.90 Å². The molecule has 0 aromatic heterocycles. The molecule has 10 rings (SSSR count). The minimum Gasteiger partial charge on any atom is -0.507 e. The van der Waals surface area contributed by atoms with Crippen molar-refractivity contribution in [3.8, 4) is 33.8 Å². The Hall–Kier alpha value is -6.10. The van der Waals surface area contributed by atoms with Crippen LogP contribution in [0.2, 0.25) is 0 Å². The van der Waals surface area contributed by atoms with Gasteiger partial charge in [0.25, 0.3) is 0 Å². The van der Waals surface area contributed by atoms with E-state index < -0.39 is 10.8 Å². The van der Waals surface area contributed by atoms with E-state index in [1.54, 1.807) is 0 Å². The summed E-state index contributed by atoms with van der Waals surface area (Å²) in [7, 11) is 4.18. The van der Waals surface area contributed by atoms with Gasteiger partial charge in [-0.05, 0) is 86.3 Å². The van der Waals surface area contributed by atoms with Crippen LogP contribution in [0.5, 0.6) is 11.5 Å². The van der Waals surface area contributed by atoms with Gasteiger partial charge in [0, 0.05) is 59.3 Å². The minimum atomic E-state index is -0.500. The second-order valence-electron chi connectivity index (χ2n) is 18.6. The Labute approximate surface area is 418 Å². The number of aryl methyl sites for hydroxylation is 2. The summed E-state index contributed by atoms with van der Waals surface area (Å²) in [6.45, 7) is 18.9. The van der Waals surface area contributed by atoms with E-state index in [1.807, 2.05) is 60.7 Å². The Bertz CT molecular complexity index is 2670. The molecule has 8 aromatic rings. The van der Waals surface area contributed by atoms with Crippen molar-refractivity contribution in [1.82, 2.24) is 9.80 Å². The second-order valence-corrected chi connectivity index (χ2v) is 18.6. The van der Waals surface area contributed by atoms with Gasteiger partial charge in [0.05, 0.1) is 0 Å². The quantitative estimate of drug-likeness (QED) is 0.142. The standard InChI is InChI=1S/C48H48N2O2.2C7H7.Zr/c1-31-25-33(45(51)43(27-31)47(3)39-19-11-7-15-35(39)36-16-8-12-20-40(36)47)29-50(24-23-49(5)6)30-34-26-32(2)28-44(46(34)52)48(4)41-21-13-9-17-37(41)38-18-10-14-22-42(38)48;2*1-7-5-3-2-4-6-7;/h7-22,25-28,51-52H,23-24,29-30H2,1-6H3;2*2-6H,1H2;/q;2*-1;+2. The first kappa shape index (κ1) is 48.8. The summed E-state index contributed by atoms with van der Waals surface area (Å²) in [4.78, 5) is 4.56. The van der Waals surface area contributed by atoms with Crippen LogP contribution in [0.3, 0.4) is 0 Å². The van der Waals surface area contributed by atoms with Crippen LogP contribution >= 0.6 is 0 Å². The van der Waals surface area contributed by atoms with Gasteiger partial charge in [-0.15, -0.1) is 24.3 Å². The normalized spacial score (nSPS) is 13.2. The van der Waals surface area contributed by atoms with E-state index in [9.17, 15) is 10.2 Å². The van der Waals surface area contributed by atoms with Crippen LogP contribution in [0.25, 0.3) is 22.3 Å². The maximum atomic E-state index is 12.3. The van der Waals surface area contributed by atoms with Crippen LogP contribution < -0.4 is 0 Å². The molecule has 8 aromatic carbocycles. The molecule has 0 amide bonds. The number of hydrogen-bond donors (Lipinski definition) is 2. The van der Waals surface area contributed by atoms with E-state index >= 15 is 0 Å². The smallest absolute Gasteiger partial charge is 0.507 e. The third kappa shape index (κ3) is 9.83. The van der Waals surface area contributed by atoms with Crippen molar-refractivity contribution >= 4 is 0 Å². The Morgan fingerprint density at radius 3 is 1.00 bits per heavy atom. The fraction of sp³-hybridized carbons (Fsp3) is 0.194. The molecular weight excluding hydrogens is 896 g/mol. The largest absolute Gasteiger partial charge is 2.00 e. The number of benzene rings is 8. The molecule has 2 aliphatic rings. The van der Waals surface area contributed by atoms with E-state index in [4.69, 9.17) is 0 Å². The third-order valence-corrected chi connectivity index (χ3v) is 13.5. The van der Waals surface area contributed by atoms with E-state index in [0.29, 0.717) is 24.6 Å². The van der Waals surface area contributed by atoms with Gasteiger partial charge in [-0.1, -0.05) is 145 Å². The molecule has 0 radical (unpaired) electrons. The summed E-state index contributed by atoms with van der Waals surface area (Å²) in [6.07, 6.45) is 0. The molecule has 0 saturated carbocycles. The average Bonchev–Trinajstić information content (AvgIpc) is 3.74. The molecule has 2 aliphatic carbocycles. The Morgan fingerprint density at radius 2 is 0.716 bits per heavy atom. The van der Waals surface area contributed by atoms with E-state index in [0.717, 1.165) is 57.6 Å². The first-order valence-electron chi connectivity index (χ1n) is 23.0. The van der Waals surface area contributed by atoms with Crippen molar-refractivity contribution in [3.63, 3.8) is 0 Å². The van der Waals surface area contributed by atoms with E-state index in [1.165, 1.54) is 44.5 Å². The number of aromatic hydroxyl groups is 2. The molecule has 4 nitrogen and oxygen atoms in total. The summed E-state index contributed by atoms with van der Waals surface area (Å²) in [5.74, 6) is 0.686. The molecule has 336 valence electrons. The predicted octanol–water partition coefficient (Wildman–Crippen LogP) is 13.7. The van der Waals surface area contributed by atoms with Gasteiger partial charge >= 0.3 is 26.2 Å². The zero-order valence-electron chi connectivity index (χ0n) is 39.9. The maximum absolute atomic E-state index is 12.3. The molecule has 5 heteroatoms. The summed E-state index contributed by atoms with van der Waals surface area (Å²) < 4.78 is 0. The molecule has 0 atom stereocenters. The number of rotatable bonds is 9. The zero-order chi connectivity index (χ0) is 46.6. The molecule has 67 heavy (non-hydrogen) atoms. The SMILES string of the molecule is Cc1cc(CN(CCN(C)C)Cc2cc(C)cc(C3(C)c4ccccc4-c4ccccc43)c2O)c(O)c(C2(C)c3ccccc3-c3ccccc32)c1.[CH2-]c1ccccc1.[CH2-]c1ccccc1.[Zr+2]. The van der Waals surface area contributed by atoms with Gasteiger partial charge in [-0.25, -0.2) is 0 Å². The van der Waals surface area contributed by atoms with Gasteiger partial charge < -0.3 is 15.1 Å². The Balaban J connectivity index is 0.000000380.